The van der Waals surface area contributed by atoms with Crippen LogP contribution in [0, 0.1) is 0 Å². The predicted octanol–water partition coefficient (Wildman–Crippen LogP) is -6.20. The van der Waals surface area contributed by atoms with Crippen LogP contribution in [0.15, 0.2) is 0 Å². The first-order valence-electron chi connectivity index (χ1n) is 0.730. The van der Waals surface area contributed by atoms with Crippen LogP contribution in [0.4, 0.5) is 0 Å². The summed E-state index contributed by atoms with van der Waals surface area (Å²) >= 11 is 0. The fourth-order valence-corrected chi connectivity index (χ4v) is 0. The van der Waals surface area contributed by atoms with Gasteiger partial charge in [0.1, 0.15) is 0 Å². The van der Waals surface area contributed by atoms with Gasteiger partial charge in [0.2, 0.25) is 0 Å². The average Bonchev–Trinajstić information content (AvgIpc) is 0.722. The summed E-state index contributed by atoms with van der Waals surface area (Å²) in [6.07, 6.45) is 0. The Hall–Kier alpha value is 2.56. The monoisotopic (exact) mass is 255 g/mol. The van der Waals surface area contributed by atoms with Gasteiger partial charge in [-0.3, -0.25) is 0 Å². The Labute approximate surface area is 101 Å². The van der Waals surface area contributed by atoms with Gasteiger partial charge in [-0.05, 0) is 0 Å². The summed E-state index contributed by atoms with van der Waals surface area (Å²) in [5, 5.41) is 0. The molecule has 7 heavy (non-hydrogen) atoms. The molecule has 0 aliphatic rings. The Bertz CT molecular complexity index is 57.8. The minimum absolute atomic E-state index is 0. The molecule has 0 fully saturated rings. The summed E-state index contributed by atoms with van der Waals surface area (Å²) in [6.45, 7) is 0. The molecule has 0 saturated heterocycles. The zero-order valence-corrected chi connectivity index (χ0v) is 10.1. The molecule has 0 aromatic rings. The van der Waals surface area contributed by atoms with Gasteiger partial charge in [0, 0.05) is 0 Å². The van der Waals surface area contributed by atoms with E-state index in [1.165, 1.54) is 0 Å². The summed E-state index contributed by atoms with van der Waals surface area (Å²) in [4.78, 5) is 25.6. The number of hydrogen-bond donors (Lipinski definition) is 0. The van der Waals surface area contributed by atoms with Crippen molar-refractivity contribution in [1.82, 2.24) is 0 Å². The summed E-state index contributed by atoms with van der Waals surface area (Å²) < 4.78 is 8.55. The molecule has 34 valence electrons. The topological polar surface area (TPSA) is 86.2 Å². The second-order valence-electron chi connectivity index (χ2n) is 0.447. The molecule has 2 radical (unpaired) electrons. The van der Waals surface area contributed by atoms with Crippen LogP contribution in [0.2, 0.25) is 0 Å². The van der Waals surface area contributed by atoms with Crippen molar-refractivity contribution < 1.29 is 70.6 Å². The zero-order chi connectivity index (χ0) is 4.50. The van der Waals surface area contributed by atoms with E-state index >= 15 is 0 Å². The molecule has 0 bridgehead atoms. The van der Waals surface area contributed by atoms with E-state index in [0.29, 0.717) is 0 Å². The molecule has 0 aliphatic carbocycles. The summed E-state index contributed by atoms with van der Waals surface area (Å²) in [7, 11) is -5.39. The van der Waals surface area contributed by atoms with Crippen molar-refractivity contribution in [2.75, 3.05) is 0 Å². The second kappa shape index (κ2) is 6.68. The second-order valence-corrected chi connectivity index (χ2v) is 1.34. The largest absolute Gasteiger partial charge is 3.00 e. The summed E-state index contributed by atoms with van der Waals surface area (Å²) in [6, 6.07) is 0. The van der Waals surface area contributed by atoms with Gasteiger partial charge in [0.05, 0.1) is 0 Å². The Balaban J connectivity index is -0.0000000800. The molecular formula is KO4PSb+. The van der Waals surface area contributed by atoms with Crippen LogP contribution in [0.3, 0.4) is 0 Å². The first-order valence-corrected chi connectivity index (χ1v) is 2.19. The predicted molar refractivity (Wildman–Crippen MR) is 13.4 cm³/mol. The normalized spacial score (nSPS) is 8.43. The molecule has 0 N–H and O–H groups in total. The van der Waals surface area contributed by atoms with E-state index in [2.05, 4.69) is 0 Å². The molecule has 0 atom stereocenters. The van der Waals surface area contributed by atoms with E-state index in [4.69, 9.17) is 19.2 Å². The van der Waals surface area contributed by atoms with Gasteiger partial charge in [-0.1, -0.05) is 0 Å². The van der Waals surface area contributed by atoms with Crippen LogP contribution in [0.25, 0.3) is 0 Å². The Kier molecular flexibility index (Phi) is 15.5. The van der Waals surface area contributed by atoms with Crippen LogP contribution < -0.4 is 66.1 Å². The van der Waals surface area contributed by atoms with Gasteiger partial charge in [0.15, 0.2) is 0 Å². The Morgan fingerprint density at radius 1 is 1.14 bits per heavy atom. The van der Waals surface area contributed by atoms with Gasteiger partial charge < -0.3 is 19.2 Å². The van der Waals surface area contributed by atoms with Crippen LogP contribution >= 0.6 is 7.82 Å². The molecular weight excluding hydrogens is 256 g/mol. The fraction of sp³-hybridized carbons (Fsp3) is 0. The zero-order valence-electron chi connectivity index (χ0n) is 3.53. The quantitative estimate of drug-likeness (QED) is 0.318. The Morgan fingerprint density at radius 3 is 1.14 bits per heavy atom. The van der Waals surface area contributed by atoms with Crippen molar-refractivity contribution in [2.45, 2.75) is 0 Å². The molecule has 0 heterocycles. The van der Waals surface area contributed by atoms with Gasteiger partial charge in [-0.25, -0.2) is 0 Å². The standard InChI is InChI=1S/K.H3O4P.Sb/c;1-5(2,3)4;/h;(H3,1,2,3,4);/q+1;;+3/p-3. The van der Waals surface area contributed by atoms with E-state index in [0.717, 1.165) is 0 Å². The number of rotatable bonds is 0. The third-order valence-corrected chi connectivity index (χ3v) is 0. The Morgan fingerprint density at radius 2 is 1.14 bits per heavy atom. The van der Waals surface area contributed by atoms with Crippen molar-refractivity contribution in [3.8, 4) is 0 Å². The van der Waals surface area contributed by atoms with E-state index in [1.54, 1.807) is 0 Å². The van der Waals surface area contributed by atoms with Crippen LogP contribution in [-0.2, 0) is 4.57 Å². The van der Waals surface area contributed by atoms with Crippen LogP contribution in [0.1, 0.15) is 0 Å². The first-order chi connectivity index (χ1) is 2.00. The molecule has 0 aromatic heterocycles. The maximum absolute atomic E-state index is 8.55. The smallest absolute Gasteiger partial charge is 0.822 e. The van der Waals surface area contributed by atoms with Gasteiger partial charge in [-0.2, -0.15) is 7.82 Å². The third kappa shape index (κ3) is 56.1. The van der Waals surface area contributed by atoms with Crippen molar-refractivity contribution in [3.05, 3.63) is 0 Å². The van der Waals surface area contributed by atoms with Gasteiger partial charge >= 0.3 is 75.8 Å². The molecule has 0 saturated carbocycles. The minimum Gasteiger partial charge on any atom is -0.822 e. The van der Waals surface area contributed by atoms with E-state index in [9.17, 15) is 0 Å². The van der Waals surface area contributed by atoms with Crippen LogP contribution in [0.5, 0.6) is 0 Å². The molecule has 0 spiro atoms. The molecule has 0 aromatic carbocycles. The van der Waals surface area contributed by atoms with Crippen molar-refractivity contribution in [1.29, 1.82) is 0 Å². The van der Waals surface area contributed by atoms with E-state index in [-0.39, 0.29) is 75.8 Å². The van der Waals surface area contributed by atoms with E-state index in [1.807, 2.05) is 0 Å². The maximum atomic E-state index is 8.55. The minimum atomic E-state index is -5.39. The van der Waals surface area contributed by atoms with Crippen molar-refractivity contribution >= 4 is 32.3 Å². The van der Waals surface area contributed by atoms with E-state index < -0.39 is 7.82 Å². The number of hydrogen-bond acceptors (Lipinski definition) is 4. The molecule has 0 aliphatic heterocycles. The van der Waals surface area contributed by atoms with Crippen LogP contribution in [-0.4, -0.2) is 24.4 Å². The number of phosphoric acid groups is 1. The molecule has 0 unspecified atom stereocenters. The molecule has 7 heteroatoms. The molecule has 0 amide bonds. The fourth-order valence-electron chi connectivity index (χ4n) is 0. The molecule has 0 rings (SSSR count). The molecule has 4 nitrogen and oxygen atoms in total. The summed E-state index contributed by atoms with van der Waals surface area (Å²) in [5.74, 6) is 0. The SMILES string of the molecule is O=P([O-])([O-])[O-].[K+].[Sb+3]. The first kappa shape index (κ1) is 16.3. The van der Waals surface area contributed by atoms with Crippen molar-refractivity contribution in [3.63, 3.8) is 0 Å². The summed E-state index contributed by atoms with van der Waals surface area (Å²) in [5.41, 5.74) is 0. The van der Waals surface area contributed by atoms with Gasteiger partial charge in [-0.15, -0.1) is 0 Å². The average molecular weight is 256 g/mol. The maximum Gasteiger partial charge on any atom is 3.00 e. The van der Waals surface area contributed by atoms with Gasteiger partial charge in [0.25, 0.3) is 0 Å². The third-order valence-electron chi connectivity index (χ3n) is 0. The van der Waals surface area contributed by atoms with Crippen molar-refractivity contribution in [2.24, 2.45) is 0 Å².